The highest BCUT2D eigenvalue weighted by Crippen LogP contribution is 2.05. The maximum absolute atomic E-state index is 8.27. The van der Waals surface area contributed by atoms with E-state index in [-0.39, 0.29) is 12.7 Å². The molecule has 0 amide bonds. The van der Waals surface area contributed by atoms with Crippen LogP contribution in [-0.4, -0.2) is 70.2 Å². The molecule has 0 unspecified atom stereocenters. The molecule has 0 spiro atoms. The minimum atomic E-state index is 0.108. The Morgan fingerprint density at radius 2 is 1.48 bits per heavy atom. The van der Waals surface area contributed by atoms with E-state index in [1.807, 2.05) is 18.2 Å². The largest absolute Gasteiger partial charge is 0.394 e. The van der Waals surface area contributed by atoms with Crippen LogP contribution >= 0.6 is 0 Å². The Bertz CT molecular complexity index is 391. The molecule has 0 aliphatic carbocycles. The van der Waals surface area contributed by atoms with Crippen molar-refractivity contribution in [3.63, 3.8) is 0 Å². The average molecular weight is 326 g/mol. The molecule has 1 aromatic carbocycles. The van der Waals surface area contributed by atoms with Gasteiger partial charge < -0.3 is 28.8 Å². The zero-order valence-corrected chi connectivity index (χ0v) is 13.4. The number of hydrogen-bond acceptors (Lipinski definition) is 6. The normalized spacial score (nSPS) is 17.8. The van der Waals surface area contributed by atoms with Gasteiger partial charge >= 0.3 is 0 Å². The molecule has 2 heterocycles. The number of ether oxygens (including phenoxy) is 5. The molecule has 2 aliphatic heterocycles. The molecule has 0 atom stereocenters. The lowest BCUT2D eigenvalue weighted by Gasteiger charge is -2.25. The molecule has 130 valence electrons. The molecule has 0 radical (unpaired) electrons. The smallest absolute Gasteiger partial charge is 0.104 e. The van der Waals surface area contributed by atoms with Gasteiger partial charge in [0.05, 0.1) is 59.5 Å². The van der Waals surface area contributed by atoms with E-state index in [4.69, 9.17) is 28.8 Å². The van der Waals surface area contributed by atoms with Crippen LogP contribution in [0.5, 0.6) is 0 Å². The molecule has 0 saturated carbocycles. The fraction of sp³-hybridized carbons (Fsp3) is 0.647. The van der Waals surface area contributed by atoms with Crippen molar-refractivity contribution in [1.29, 1.82) is 0 Å². The summed E-state index contributed by atoms with van der Waals surface area (Å²) in [6.45, 7) is 5.36. The summed E-state index contributed by atoms with van der Waals surface area (Å²) in [7, 11) is 0. The lowest BCUT2D eigenvalue weighted by Crippen LogP contribution is -2.36. The van der Waals surface area contributed by atoms with Crippen LogP contribution in [0.15, 0.2) is 30.3 Å². The Kier molecular flexibility index (Phi) is 9.16. The third-order valence-electron chi connectivity index (χ3n) is 3.35. The van der Waals surface area contributed by atoms with Crippen LogP contribution in [0.4, 0.5) is 0 Å². The van der Waals surface area contributed by atoms with Gasteiger partial charge in [0.25, 0.3) is 0 Å². The van der Waals surface area contributed by atoms with Crippen molar-refractivity contribution in [2.75, 3.05) is 52.9 Å². The first-order valence-corrected chi connectivity index (χ1v) is 7.99. The van der Waals surface area contributed by atoms with Crippen molar-refractivity contribution in [3.8, 4) is 0 Å². The van der Waals surface area contributed by atoms with Gasteiger partial charge in [-0.15, -0.1) is 0 Å². The summed E-state index contributed by atoms with van der Waals surface area (Å²) < 4.78 is 25.8. The second-order valence-corrected chi connectivity index (χ2v) is 5.32. The van der Waals surface area contributed by atoms with Gasteiger partial charge in [0, 0.05) is 0 Å². The van der Waals surface area contributed by atoms with Crippen molar-refractivity contribution in [3.05, 3.63) is 35.9 Å². The molecule has 6 heteroatoms. The van der Waals surface area contributed by atoms with Crippen molar-refractivity contribution in [2.24, 2.45) is 0 Å². The first-order chi connectivity index (χ1) is 11.4. The zero-order chi connectivity index (χ0) is 16.2. The van der Waals surface area contributed by atoms with Gasteiger partial charge in [0.15, 0.2) is 0 Å². The fourth-order valence-corrected chi connectivity index (χ4v) is 1.88. The Balaban J connectivity index is 0.000000203. The van der Waals surface area contributed by atoms with Crippen molar-refractivity contribution >= 4 is 0 Å². The maximum Gasteiger partial charge on any atom is 0.104 e. The number of hydrogen-bond donors (Lipinski definition) is 1. The third-order valence-corrected chi connectivity index (χ3v) is 3.35. The third kappa shape index (κ3) is 7.87. The second kappa shape index (κ2) is 11.5. The van der Waals surface area contributed by atoms with Gasteiger partial charge in [-0.2, -0.15) is 0 Å². The molecular formula is C17H26O6. The Hall–Kier alpha value is -1.02. The summed E-state index contributed by atoms with van der Waals surface area (Å²) in [5.41, 5.74) is 1.20. The molecule has 2 aliphatic rings. The van der Waals surface area contributed by atoms with Crippen LogP contribution in [0.3, 0.4) is 0 Å². The predicted molar refractivity (Wildman–Crippen MR) is 84.3 cm³/mol. The van der Waals surface area contributed by atoms with Crippen LogP contribution in [0.1, 0.15) is 5.56 Å². The Morgan fingerprint density at radius 1 is 0.870 bits per heavy atom. The van der Waals surface area contributed by atoms with E-state index in [1.54, 1.807) is 0 Å². The van der Waals surface area contributed by atoms with Gasteiger partial charge in [-0.3, -0.25) is 0 Å². The topological polar surface area (TPSA) is 66.4 Å². The summed E-state index contributed by atoms with van der Waals surface area (Å²) in [6.07, 6.45) is 0.549. The summed E-state index contributed by atoms with van der Waals surface area (Å²) in [6, 6.07) is 10.1. The Labute approximate surface area is 137 Å². The highest BCUT2D eigenvalue weighted by Gasteiger charge is 2.18. The molecule has 1 aromatic rings. The maximum atomic E-state index is 8.27. The molecular weight excluding hydrogens is 300 g/mol. The minimum Gasteiger partial charge on any atom is -0.394 e. The van der Waals surface area contributed by atoms with Crippen molar-refractivity contribution in [1.82, 2.24) is 0 Å². The van der Waals surface area contributed by atoms with Gasteiger partial charge in [0.1, 0.15) is 12.2 Å². The molecule has 2 saturated heterocycles. The van der Waals surface area contributed by atoms with Gasteiger partial charge in [-0.1, -0.05) is 30.3 Å². The number of aliphatic hydroxyl groups is 1. The number of aliphatic hydroxyl groups excluding tert-OH is 1. The molecule has 0 aromatic heterocycles. The van der Waals surface area contributed by atoms with E-state index < -0.39 is 0 Å². The van der Waals surface area contributed by atoms with Gasteiger partial charge in [0.2, 0.25) is 0 Å². The van der Waals surface area contributed by atoms with Crippen molar-refractivity contribution < 1.29 is 28.8 Å². The number of benzene rings is 1. The molecule has 2 fully saturated rings. The van der Waals surface area contributed by atoms with E-state index in [0.717, 1.165) is 13.2 Å². The van der Waals surface area contributed by atoms with Crippen LogP contribution < -0.4 is 0 Å². The van der Waals surface area contributed by atoms with Crippen LogP contribution in [0, 0.1) is 0 Å². The van der Waals surface area contributed by atoms with Crippen LogP contribution in [0.25, 0.3) is 0 Å². The second-order valence-electron chi connectivity index (χ2n) is 5.32. The summed E-state index contributed by atoms with van der Waals surface area (Å²) in [4.78, 5) is 0. The monoisotopic (exact) mass is 326 g/mol. The van der Waals surface area contributed by atoms with E-state index in [9.17, 15) is 0 Å². The summed E-state index contributed by atoms with van der Waals surface area (Å²) in [5, 5.41) is 8.27. The minimum absolute atomic E-state index is 0.108. The Morgan fingerprint density at radius 3 is 2.00 bits per heavy atom. The van der Waals surface area contributed by atoms with Crippen LogP contribution in [-0.2, 0) is 30.3 Å². The predicted octanol–water partition coefficient (Wildman–Crippen LogP) is 1.01. The fourth-order valence-electron chi connectivity index (χ4n) is 1.88. The van der Waals surface area contributed by atoms with Gasteiger partial charge in [-0.05, 0) is 5.56 Å². The highest BCUT2D eigenvalue weighted by molar-refractivity contribution is 5.13. The molecule has 6 nitrogen and oxygen atoms in total. The molecule has 23 heavy (non-hydrogen) atoms. The summed E-state index contributed by atoms with van der Waals surface area (Å²) >= 11 is 0. The van der Waals surface area contributed by atoms with Gasteiger partial charge in [-0.25, -0.2) is 0 Å². The SMILES string of the molecule is OCCOC1COC1.c1ccc(COCCOC2COC2)cc1. The first-order valence-electron chi connectivity index (χ1n) is 7.99. The molecule has 1 N–H and O–H groups in total. The lowest BCUT2D eigenvalue weighted by molar-refractivity contribution is -0.137. The van der Waals surface area contributed by atoms with E-state index in [2.05, 4.69) is 12.1 Å². The number of rotatable bonds is 9. The first kappa shape index (κ1) is 18.3. The quantitative estimate of drug-likeness (QED) is 0.683. The molecule has 3 rings (SSSR count). The molecule has 0 bridgehead atoms. The van der Waals surface area contributed by atoms with Crippen molar-refractivity contribution in [2.45, 2.75) is 18.8 Å². The van der Waals surface area contributed by atoms with E-state index >= 15 is 0 Å². The highest BCUT2D eigenvalue weighted by atomic mass is 16.6. The summed E-state index contributed by atoms with van der Waals surface area (Å²) in [5.74, 6) is 0. The van der Waals surface area contributed by atoms with E-state index in [0.29, 0.717) is 45.7 Å². The average Bonchev–Trinajstić information content (AvgIpc) is 2.49. The zero-order valence-electron chi connectivity index (χ0n) is 13.4. The standard InChI is InChI=1S/C12H16O3.C5H10O3/c1-2-4-11(5-3-1)8-13-6-7-15-12-9-14-10-12;6-1-2-8-5-3-7-4-5/h1-5,12H,6-10H2;5-6H,1-4H2. The lowest BCUT2D eigenvalue weighted by atomic mass is 10.2. The van der Waals surface area contributed by atoms with E-state index in [1.165, 1.54) is 5.56 Å². The van der Waals surface area contributed by atoms with Crippen LogP contribution in [0.2, 0.25) is 0 Å².